The Balaban J connectivity index is 2.04. The van der Waals surface area contributed by atoms with Gasteiger partial charge in [0.15, 0.2) is 5.82 Å². The Morgan fingerprint density at radius 2 is 2.22 bits per heavy atom. The lowest BCUT2D eigenvalue weighted by molar-refractivity contribution is 0.102. The summed E-state index contributed by atoms with van der Waals surface area (Å²) in [5.41, 5.74) is 3.17. The van der Waals surface area contributed by atoms with Crippen molar-refractivity contribution in [3.8, 4) is 5.75 Å². The van der Waals surface area contributed by atoms with Gasteiger partial charge in [-0.25, -0.2) is 13.9 Å². The van der Waals surface area contributed by atoms with E-state index in [9.17, 15) is 9.18 Å². The van der Waals surface area contributed by atoms with Crippen molar-refractivity contribution in [2.45, 2.75) is 13.0 Å². The van der Waals surface area contributed by atoms with Gasteiger partial charge in [0.2, 0.25) is 11.6 Å². The number of ether oxygens (including phenoxy) is 1. The lowest BCUT2D eigenvalue weighted by atomic mass is 10.1. The topological polar surface area (TPSA) is 107 Å². The summed E-state index contributed by atoms with van der Waals surface area (Å²) in [6, 6.07) is 7.20. The Morgan fingerprint density at radius 1 is 1.41 bits per heavy atom. The van der Waals surface area contributed by atoms with E-state index >= 15 is 0 Å². The van der Waals surface area contributed by atoms with Gasteiger partial charge in [-0.05, 0) is 43.3 Å². The first kappa shape index (κ1) is 18.3. The number of carbonyl (C=O) groups excluding carboxylic acids is 1. The number of aromatic nitrogens is 3. The SMILES string of the molecule is COc1ccc(F)cc1C(=O)c1nc(NC(C)/C=C\NN)c2cccn2n1. The number of hydrogen-bond acceptors (Lipinski definition) is 7. The molecule has 3 aromatic rings. The minimum Gasteiger partial charge on any atom is -0.496 e. The van der Waals surface area contributed by atoms with Gasteiger partial charge < -0.3 is 15.5 Å². The Kier molecular flexibility index (Phi) is 5.32. The van der Waals surface area contributed by atoms with Crippen LogP contribution in [0.3, 0.4) is 0 Å². The first-order chi connectivity index (χ1) is 13.0. The van der Waals surface area contributed by atoms with Crippen molar-refractivity contribution in [1.29, 1.82) is 0 Å². The summed E-state index contributed by atoms with van der Waals surface area (Å²) in [6.07, 6.45) is 5.07. The number of carbonyl (C=O) groups is 1. The first-order valence-corrected chi connectivity index (χ1v) is 8.16. The van der Waals surface area contributed by atoms with E-state index in [0.29, 0.717) is 11.3 Å². The molecule has 0 bridgehead atoms. The molecule has 27 heavy (non-hydrogen) atoms. The maximum Gasteiger partial charge on any atom is 0.235 e. The van der Waals surface area contributed by atoms with Crippen molar-refractivity contribution in [2.75, 3.05) is 12.4 Å². The second-order valence-electron chi connectivity index (χ2n) is 5.75. The van der Waals surface area contributed by atoms with Gasteiger partial charge in [0, 0.05) is 18.4 Å². The van der Waals surface area contributed by atoms with Crippen molar-refractivity contribution in [1.82, 2.24) is 20.0 Å². The summed E-state index contributed by atoms with van der Waals surface area (Å²) in [7, 11) is 1.41. The Morgan fingerprint density at radius 3 is 2.96 bits per heavy atom. The smallest absolute Gasteiger partial charge is 0.235 e. The van der Waals surface area contributed by atoms with Gasteiger partial charge in [0.05, 0.1) is 12.7 Å². The maximum absolute atomic E-state index is 13.6. The highest BCUT2D eigenvalue weighted by molar-refractivity contribution is 6.08. The Hall–Kier alpha value is -3.46. The number of nitrogens with zero attached hydrogens (tertiary/aromatic N) is 3. The second-order valence-corrected chi connectivity index (χ2v) is 5.75. The number of rotatable bonds is 7. The molecule has 0 aliphatic carbocycles. The summed E-state index contributed by atoms with van der Waals surface area (Å²) < 4.78 is 20.3. The molecule has 1 atom stereocenters. The predicted molar refractivity (Wildman–Crippen MR) is 98.9 cm³/mol. The van der Waals surface area contributed by atoms with Crippen LogP contribution in [0.25, 0.3) is 5.52 Å². The summed E-state index contributed by atoms with van der Waals surface area (Å²) in [5.74, 6) is 4.76. The zero-order chi connectivity index (χ0) is 19.4. The van der Waals surface area contributed by atoms with Crippen molar-refractivity contribution in [3.05, 3.63) is 66.0 Å². The zero-order valence-corrected chi connectivity index (χ0v) is 14.8. The number of ketones is 1. The van der Waals surface area contributed by atoms with Gasteiger partial charge in [-0.3, -0.25) is 10.6 Å². The van der Waals surface area contributed by atoms with E-state index in [0.717, 1.165) is 6.07 Å². The van der Waals surface area contributed by atoms with E-state index in [1.165, 1.54) is 23.8 Å². The minimum absolute atomic E-state index is 0.0511. The fourth-order valence-electron chi connectivity index (χ4n) is 2.58. The predicted octanol–water partition coefficient (Wildman–Crippen LogP) is 1.89. The average molecular weight is 370 g/mol. The number of nitrogens with one attached hydrogen (secondary N) is 2. The van der Waals surface area contributed by atoms with Crippen molar-refractivity contribution < 1.29 is 13.9 Å². The quantitative estimate of drug-likeness (QED) is 0.331. The summed E-state index contributed by atoms with van der Waals surface area (Å²) >= 11 is 0. The lowest BCUT2D eigenvalue weighted by Gasteiger charge is -2.13. The van der Waals surface area contributed by atoms with Gasteiger partial charge in [0.25, 0.3) is 0 Å². The Labute approximate surface area is 154 Å². The largest absolute Gasteiger partial charge is 0.496 e. The third-order valence-corrected chi connectivity index (χ3v) is 3.85. The second kappa shape index (κ2) is 7.83. The number of halogens is 1. The third-order valence-electron chi connectivity index (χ3n) is 3.85. The van der Waals surface area contributed by atoms with Crippen LogP contribution in [0.5, 0.6) is 5.75 Å². The van der Waals surface area contributed by atoms with Gasteiger partial charge >= 0.3 is 0 Å². The molecule has 0 fully saturated rings. The molecule has 3 rings (SSSR count). The molecular weight excluding hydrogens is 351 g/mol. The van der Waals surface area contributed by atoms with E-state index in [4.69, 9.17) is 10.6 Å². The normalized spacial score (nSPS) is 12.3. The number of methoxy groups -OCH3 is 1. The molecule has 140 valence electrons. The molecule has 8 nitrogen and oxygen atoms in total. The van der Waals surface area contributed by atoms with Gasteiger partial charge in [-0.2, -0.15) is 0 Å². The van der Waals surface area contributed by atoms with Gasteiger partial charge in [0.1, 0.15) is 17.1 Å². The van der Waals surface area contributed by atoms with E-state index in [2.05, 4.69) is 20.8 Å². The number of anilines is 1. The van der Waals surface area contributed by atoms with Crippen LogP contribution in [0.2, 0.25) is 0 Å². The minimum atomic E-state index is -0.549. The van der Waals surface area contributed by atoms with Crippen LogP contribution in [-0.4, -0.2) is 33.5 Å². The zero-order valence-electron chi connectivity index (χ0n) is 14.8. The van der Waals surface area contributed by atoms with E-state index in [-0.39, 0.29) is 23.2 Å². The average Bonchev–Trinajstić information content (AvgIpc) is 3.14. The molecule has 1 aromatic carbocycles. The van der Waals surface area contributed by atoms with Crippen molar-refractivity contribution in [2.24, 2.45) is 5.84 Å². The molecule has 0 saturated heterocycles. The molecule has 0 saturated carbocycles. The van der Waals surface area contributed by atoms with E-state index in [1.807, 2.05) is 13.0 Å². The summed E-state index contributed by atoms with van der Waals surface area (Å²) in [4.78, 5) is 17.2. The first-order valence-electron chi connectivity index (χ1n) is 8.16. The maximum atomic E-state index is 13.6. The fraction of sp³-hybridized carbons (Fsp3) is 0.167. The summed E-state index contributed by atoms with van der Waals surface area (Å²) in [6.45, 7) is 1.90. The van der Waals surface area contributed by atoms with Crippen LogP contribution in [0.4, 0.5) is 10.2 Å². The highest BCUT2D eigenvalue weighted by Crippen LogP contribution is 2.23. The highest BCUT2D eigenvalue weighted by atomic mass is 19.1. The Bertz CT molecular complexity index is 1000. The van der Waals surface area contributed by atoms with Crippen LogP contribution in [0, 0.1) is 5.82 Å². The third kappa shape index (κ3) is 3.87. The molecule has 4 N–H and O–H groups in total. The van der Waals surface area contributed by atoms with Crippen LogP contribution >= 0.6 is 0 Å². The number of nitrogens with two attached hydrogens (primary N) is 1. The van der Waals surface area contributed by atoms with E-state index in [1.54, 1.807) is 24.5 Å². The molecular formula is C18H19FN6O2. The number of hydrogen-bond donors (Lipinski definition) is 3. The number of hydrazine groups is 1. The number of benzene rings is 1. The molecule has 2 aromatic heterocycles. The van der Waals surface area contributed by atoms with Crippen LogP contribution in [0.1, 0.15) is 23.1 Å². The van der Waals surface area contributed by atoms with Crippen LogP contribution < -0.4 is 21.3 Å². The van der Waals surface area contributed by atoms with Crippen LogP contribution in [-0.2, 0) is 0 Å². The van der Waals surface area contributed by atoms with Crippen molar-refractivity contribution >= 4 is 17.1 Å². The standard InChI is InChI=1S/C18H19FN6O2/c1-11(7-8-21-20)22-17-14-4-3-9-25(14)24-18(23-17)16(26)13-10-12(19)5-6-15(13)27-2/h3-11,21H,20H2,1-2H3,(H,22,23,24)/b8-7-. The highest BCUT2D eigenvalue weighted by Gasteiger charge is 2.21. The molecule has 0 spiro atoms. The van der Waals surface area contributed by atoms with E-state index < -0.39 is 11.6 Å². The molecule has 0 amide bonds. The van der Waals surface area contributed by atoms with Crippen LogP contribution in [0.15, 0.2) is 48.8 Å². The molecule has 1 unspecified atom stereocenters. The molecule has 0 radical (unpaired) electrons. The fourth-order valence-corrected chi connectivity index (χ4v) is 2.58. The molecule has 9 heteroatoms. The van der Waals surface area contributed by atoms with Gasteiger partial charge in [-0.15, -0.1) is 5.10 Å². The lowest BCUT2D eigenvalue weighted by Crippen LogP contribution is -2.20. The number of fused-ring (bicyclic) bond motifs is 1. The monoisotopic (exact) mass is 370 g/mol. The molecule has 2 heterocycles. The van der Waals surface area contributed by atoms with Crippen molar-refractivity contribution in [3.63, 3.8) is 0 Å². The molecule has 0 aliphatic heterocycles. The summed E-state index contributed by atoms with van der Waals surface area (Å²) in [5, 5.41) is 7.42. The van der Waals surface area contributed by atoms with Gasteiger partial charge in [-0.1, -0.05) is 0 Å². The molecule has 0 aliphatic rings.